The van der Waals surface area contributed by atoms with Gasteiger partial charge in [0, 0.05) is 5.69 Å². The van der Waals surface area contributed by atoms with E-state index >= 15 is 0 Å². The summed E-state index contributed by atoms with van der Waals surface area (Å²) in [6, 6.07) is 21.4. The number of amides is 3. The first-order valence-electron chi connectivity index (χ1n) is 12.1. The Balaban J connectivity index is 1.42. The highest BCUT2D eigenvalue weighted by Gasteiger charge is 2.73. The van der Waals surface area contributed by atoms with Crippen molar-refractivity contribution in [3.05, 3.63) is 101 Å². The maximum Gasteiger partial charge on any atom is 0.247 e. The van der Waals surface area contributed by atoms with E-state index in [0.29, 0.717) is 5.69 Å². The van der Waals surface area contributed by atoms with E-state index in [1.807, 2.05) is 72.8 Å². The number of carbonyl (C=O) groups is 3. The number of nitrogens with one attached hydrogen (secondary N) is 1. The van der Waals surface area contributed by atoms with Crippen LogP contribution in [-0.4, -0.2) is 28.7 Å². The van der Waals surface area contributed by atoms with E-state index in [4.69, 9.17) is 23.2 Å². The molecule has 4 aliphatic rings. The van der Waals surface area contributed by atoms with Gasteiger partial charge >= 0.3 is 0 Å². The lowest BCUT2D eigenvalue weighted by Gasteiger charge is -2.54. The third-order valence-corrected chi connectivity index (χ3v) is 9.30. The molecule has 0 aromatic heterocycles. The van der Waals surface area contributed by atoms with Crippen molar-refractivity contribution in [3.63, 3.8) is 0 Å². The van der Waals surface area contributed by atoms with Crippen LogP contribution < -0.4 is 5.32 Å². The predicted octanol–water partition coefficient (Wildman–Crippen LogP) is 5.17. The van der Waals surface area contributed by atoms with E-state index in [2.05, 4.69) is 12.2 Å². The van der Waals surface area contributed by atoms with E-state index in [1.165, 1.54) is 0 Å². The van der Waals surface area contributed by atoms with Gasteiger partial charge in [0.2, 0.25) is 17.7 Å². The molecule has 3 aromatic rings. The van der Waals surface area contributed by atoms with Crippen molar-refractivity contribution in [1.29, 1.82) is 0 Å². The zero-order valence-electron chi connectivity index (χ0n) is 19.8. The lowest BCUT2D eigenvalue weighted by Crippen LogP contribution is -2.57. The fourth-order valence-corrected chi connectivity index (χ4v) is 7.36. The molecule has 0 unspecified atom stereocenters. The van der Waals surface area contributed by atoms with Gasteiger partial charge in [-0.05, 0) is 53.3 Å². The minimum absolute atomic E-state index is 0.450. The molecule has 0 spiro atoms. The summed E-state index contributed by atoms with van der Waals surface area (Å²) in [5, 5.41) is 2.83. The molecule has 0 saturated carbocycles. The summed E-state index contributed by atoms with van der Waals surface area (Å²) in [4.78, 5) is 39.7. The number of imide groups is 1. The summed E-state index contributed by atoms with van der Waals surface area (Å²) in [5.41, 5.74) is 4.68. The molecule has 7 rings (SSSR count). The third-order valence-electron chi connectivity index (χ3n) is 8.02. The van der Waals surface area contributed by atoms with Crippen LogP contribution in [-0.2, 0) is 30.6 Å². The molecule has 3 aromatic carbocycles. The SMILES string of the molecule is CCc1ccc(NC(=O)[C@H](C)N2C(=O)[C@H]3[C@H](C2=O)C2(Cl)c4ccccc4C3(Cl)c3ccccc32)cc1. The fourth-order valence-electron chi connectivity index (χ4n) is 6.26. The van der Waals surface area contributed by atoms with Gasteiger partial charge in [-0.2, -0.15) is 0 Å². The Morgan fingerprint density at radius 2 is 1.25 bits per heavy atom. The van der Waals surface area contributed by atoms with Crippen molar-refractivity contribution in [2.45, 2.75) is 36.1 Å². The minimum Gasteiger partial charge on any atom is -0.324 e. The molecule has 3 aliphatic carbocycles. The van der Waals surface area contributed by atoms with E-state index in [0.717, 1.165) is 39.1 Å². The summed E-state index contributed by atoms with van der Waals surface area (Å²) in [6.07, 6.45) is 0.884. The van der Waals surface area contributed by atoms with E-state index in [-0.39, 0.29) is 0 Å². The van der Waals surface area contributed by atoms with Crippen molar-refractivity contribution < 1.29 is 14.4 Å². The molecule has 2 bridgehead atoms. The molecule has 36 heavy (non-hydrogen) atoms. The van der Waals surface area contributed by atoms with Gasteiger partial charge in [-0.15, -0.1) is 23.2 Å². The number of likely N-dealkylation sites (tertiary alicyclic amines) is 1. The van der Waals surface area contributed by atoms with Crippen molar-refractivity contribution in [1.82, 2.24) is 4.90 Å². The molecule has 3 atom stereocenters. The van der Waals surface area contributed by atoms with Gasteiger partial charge in [0.15, 0.2) is 0 Å². The quantitative estimate of drug-likeness (QED) is 0.382. The topological polar surface area (TPSA) is 66.5 Å². The molecule has 182 valence electrons. The first-order chi connectivity index (χ1) is 17.2. The van der Waals surface area contributed by atoms with Crippen LogP contribution in [0.2, 0.25) is 0 Å². The smallest absolute Gasteiger partial charge is 0.247 e. The van der Waals surface area contributed by atoms with Crippen LogP contribution in [0, 0.1) is 11.8 Å². The van der Waals surface area contributed by atoms with E-state index in [9.17, 15) is 14.4 Å². The van der Waals surface area contributed by atoms with Gasteiger partial charge in [0.05, 0.1) is 11.8 Å². The molecule has 1 N–H and O–H groups in total. The average molecular weight is 519 g/mol. The summed E-state index contributed by atoms with van der Waals surface area (Å²) in [5.74, 6) is -3.24. The zero-order chi connectivity index (χ0) is 25.4. The highest BCUT2D eigenvalue weighted by molar-refractivity contribution is 6.36. The number of aryl methyl sites for hydroxylation is 1. The summed E-state index contributed by atoms with van der Waals surface area (Å²) < 4.78 is 0. The van der Waals surface area contributed by atoms with Gasteiger partial charge in [-0.3, -0.25) is 19.3 Å². The van der Waals surface area contributed by atoms with Gasteiger partial charge in [-0.1, -0.05) is 67.6 Å². The Morgan fingerprint density at radius 3 is 1.64 bits per heavy atom. The van der Waals surface area contributed by atoms with Crippen LogP contribution in [0.1, 0.15) is 41.7 Å². The lowest BCUT2D eigenvalue weighted by molar-refractivity contribution is -0.146. The lowest BCUT2D eigenvalue weighted by atomic mass is 9.54. The first-order valence-corrected chi connectivity index (χ1v) is 12.8. The second-order valence-electron chi connectivity index (χ2n) is 9.73. The molecular formula is C29H24Cl2N2O3. The van der Waals surface area contributed by atoms with Crippen molar-refractivity contribution >= 4 is 46.6 Å². The van der Waals surface area contributed by atoms with Crippen LogP contribution in [0.5, 0.6) is 0 Å². The van der Waals surface area contributed by atoms with Crippen molar-refractivity contribution in [2.24, 2.45) is 11.8 Å². The number of hydrogen-bond donors (Lipinski definition) is 1. The molecule has 1 heterocycles. The van der Waals surface area contributed by atoms with Crippen LogP contribution in [0.4, 0.5) is 5.69 Å². The second-order valence-corrected chi connectivity index (χ2v) is 10.9. The Hall–Kier alpha value is -3.15. The van der Waals surface area contributed by atoms with Crippen LogP contribution in [0.15, 0.2) is 72.8 Å². The molecular weight excluding hydrogens is 495 g/mol. The monoisotopic (exact) mass is 518 g/mol. The predicted molar refractivity (Wildman–Crippen MR) is 139 cm³/mol. The number of benzene rings is 3. The number of halogens is 2. The normalized spacial score (nSPS) is 28.4. The van der Waals surface area contributed by atoms with Crippen molar-refractivity contribution in [2.75, 3.05) is 5.32 Å². The molecule has 7 heteroatoms. The number of rotatable bonds is 4. The summed E-state index contributed by atoms with van der Waals surface area (Å²) in [7, 11) is 0. The summed E-state index contributed by atoms with van der Waals surface area (Å²) >= 11 is 14.9. The minimum atomic E-state index is -1.26. The molecule has 5 nitrogen and oxygen atoms in total. The van der Waals surface area contributed by atoms with E-state index < -0.39 is 45.3 Å². The number of hydrogen-bond acceptors (Lipinski definition) is 3. The first kappa shape index (κ1) is 23.3. The zero-order valence-corrected chi connectivity index (χ0v) is 21.3. The summed E-state index contributed by atoms with van der Waals surface area (Å²) in [6.45, 7) is 3.61. The molecule has 1 saturated heterocycles. The Morgan fingerprint density at radius 1 is 0.833 bits per heavy atom. The Bertz CT molecular complexity index is 1310. The largest absolute Gasteiger partial charge is 0.324 e. The highest BCUT2D eigenvalue weighted by Crippen LogP contribution is 2.69. The number of nitrogens with zero attached hydrogens (tertiary/aromatic N) is 1. The van der Waals surface area contributed by atoms with Gasteiger partial charge < -0.3 is 5.32 Å². The highest BCUT2D eigenvalue weighted by atomic mass is 35.5. The van der Waals surface area contributed by atoms with E-state index in [1.54, 1.807) is 6.92 Å². The molecule has 1 fully saturated rings. The average Bonchev–Trinajstić information content (AvgIpc) is 3.18. The number of carbonyl (C=O) groups excluding carboxylic acids is 3. The van der Waals surface area contributed by atoms with Gasteiger partial charge in [0.25, 0.3) is 0 Å². The Labute approximate surface area is 219 Å². The molecule has 0 radical (unpaired) electrons. The second kappa shape index (κ2) is 7.92. The maximum atomic E-state index is 14.0. The number of alkyl halides is 2. The third kappa shape index (κ3) is 2.81. The standard InChI is InChI=1S/C29H24Cl2N2O3/c1-3-17-12-14-18(15-13-17)32-25(34)16(2)33-26(35)23-24(27(33)36)29(31)20-9-5-4-8-19(20)28(23,30)21-10-6-7-11-22(21)29/h4-16,23-24H,3H2,1-2H3,(H,32,34)/t16-,23+,24+,28?,29?/m0/s1. The Kier molecular flexibility index (Phi) is 5.12. The molecule has 3 amide bonds. The van der Waals surface area contributed by atoms with Crippen LogP contribution in [0.3, 0.4) is 0 Å². The van der Waals surface area contributed by atoms with Crippen molar-refractivity contribution in [3.8, 4) is 0 Å². The van der Waals surface area contributed by atoms with Gasteiger partial charge in [0.1, 0.15) is 15.8 Å². The number of anilines is 1. The fraction of sp³-hybridized carbons (Fsp3) is 0.276. The maximum absolute atomic E-state index is 14.0. The van der Waals surface area contributed by atoms with Crippen LogP contribution in [0.25, 0.3) is 0 Å². The van der Waals surface area contributed by atoms with Crippen LogP contribution >= 0.6 is 23.2 Å². The van der Waals surface area contributed by atoms with Gasteiger partial charge in [-0.25, -0.2) is 0 Å². The molecule has 1 aliphatic heterocycles.